The van der Waals surface area contributed by atoms with Crippen molar-refractivity contribution < 1.29 is 13.6 Å². The van der Waals surface area contributed by atoms with Crippen LogP contribution in [0.25, 0.3) is 22.1 Å². The van der Waals surface area contributed by atoms with E-state index in [0.717, 1.165) is 16.5 Å². The number of hydrogen-bond acceptors (Lipinski definition) is 4. The number of para-hydroxylation sites is 3. The summed E-state index contributed by atoms with van der Waals surface area (Å²) in [6.07, 6.45) is 0.132. The number of oxazole rings is 1. The van der Waals surface area contributed by atoms with Crippen molar-refractivity contribution in [2.75, 3.05) is 0 Å². The molecule has 1 amide bonds. The van der Waals surface area contributed by atoms with Crippen molar-refractivity contribution in [3.05, 3.63) is 107 Å². The zero-order valence-electron chi connectivity index (χ0n) is 16.7. The van der Waals surface area contributed by atoms with Gasteiger partial charge >= 0.3 is 5.76 Å². The van der Waals surface area contributed by atoms with Crippen LogP contribution in [0.1, 0.15) is 23.8 Å². The minimum absolute atomic E-state index is 0.132. The molecule has 6 heteroatoms. The van der Waals surface area contributed by atoms with E-state index in [4.69, 9.17) is 8.83 Å². The summed E-state index contributed by atoms with van der Waals surface area (Å²) in [5, 5.41) is 4.04. The molecule has 2 heterocycles. The monoisotopic (exact) mass is 412 g/mol. The van der Waals surface area contributed by atoms with E-state index in [1.165, 1.54) is 4.57 Å². The standard InChI is InChI=1S/C25H20N2O4/c28-23(14-15-27-19-11-5-7-13-21(19)31-25(27)29)26-24(17-8-2-1-3-9-17)22-16-18-10-4-6-12-20(18)30-22/h1-13,16,24H,14-15H2,(H,26,28)/t24-/m1/s1. The largest absolute Gasteiger partial charge is 0.459 e. The first-order valence-electron chi connectivity index (χ1n) is 10.1. The molecular weight excluding hydrogens is 392 g/mol. The molecule has 0 saturated carbocycles. The molecule has 0 unspecified atom stereocenters. The summed E-state index contributed by atoms with van der Waals surface area (Å²) in [5.41, 5.74) is 2.87. The molecule has 5 rings (SSSR count). The van der Waals surface area contributed by atoms with Gasteiger partial charge in [0.15, 0.2) is 5.58 Å². The van der Waals surface area contributed by atoms with Gasteiger partial charge in [0.1, 0.15) is 17.4 Å². The highest BCUT2D eigenvalue weighted by Gasteiger charge is 2.21. The Kier molecular flexibility index (Phi) is 4.88. The maximum absolute atomic E-state index is 12.9. The first-order valence-corrected chi connectivity index (χ1v) is 10.1. The van der Waals surface area contributed by atoms with Crippen molar-refractivity contribution in [1.82, 2.24) is 9.88 Å². The van der Waals surface area contributed by atoms with Crippen molar-refractivity contribution in [2.45, 2.75) is 19.0 Å². The average molecular weight is 412 g/mol. The van der Waals surface area contributed by atoms with Crippen molar-refractivity contribution in [1.29, 1.82) is 0 Å². The molecule has 2 aromatic heterocycles. The lowest BCUT2D eigenvalue weighted by molar-refractivity contribution is -0.121. The Balaban J connectivity index is 1.39. The number of carbonyl (C=O) groups excluding carboxylic acids is 1. The van der Waals surface area contributed by atoms with Gasteiger partial charge in [-0.1, -0.05) is 60.7 Å². The molecule has 0 saturated heterocycles. The highest BCUT2D eigenvalue weighted by atomic mass is 16.4. The van der Waals surface area contributed by atoms with E-state index in [1.807, 2.05) is 66.7 Å². The highest BCUT2D eigenvalue weighted by molar-refractivity contribution is 5.80. The second kappa shape index (κ2) is 7.99. The first kappa shape index (κ1) is 18.9. The number of nitrogens with one attached hydrogen (secondary N) is 1. The summed E-state index contributed by atoms with van der Waals surface area (Å²) in [7, 11) is 0. The average Bonchev–Trinajstić information content (AvgIpc) is 3.36. The van der Waals surface area contributed by atoms with Crippen LogP contribution >= 0.6 is 0 Å². The van der Waals surface area contributed by atoms with Gasteiger partial charge in [-0.25, -0.2) is 4.79 Å². The van der Waals surface area contributed by atoms with Gasteiger partial charge in [0.25, 0.3) is 0 Å². The smallest absolute Gasteiger partial charge is 0.419 e. The van der Waals surface area contributed by atoms with Crippen LogP contribution in [0.4, 0.5) is 0 Å². The number of aromatic nitrogens is 1. The number of furan rings is 1. The Morgan fingerprint density at radius 2 is 1.58 bits per heavy atom. The molecule has 5 aromatic rings. The summed E-state index contributed by atoms with van der Waals surface area (Å²) in [5.74, 6) is 0.00376. The third kappa shape index (κ3) is 3.75. The van der Waals surface area contributed by atoms with Crippen molar-refractivity contribution in [3.8, 4) is 0 Å². The molecule has 1 atom stereocenters. The molecule has 3 aromatic carbocycles. The quantitative estimate of drug-likeness (QED) is 0.441. The molecular formula is C25H20N2O4. The molecule has 0 aliphatic heterocycles. The molecule has 1 N–H and O–H groups in total. The third-order valence-corrected chi connectivity index (χ3v) is 5.30. The number of carbonyl (C=O) groups is 1. The third-order valence-electron chi connectivity index (χ3n) is 5.30. The number of aryl methyl sites for hydroxylation is 1. The van der Waals surface area contributed by atoms with E-state index < -0.39 is 11.8 Å². The lowest BCUT2D eigenvalue weighted by atomic mass is 10.0. The predicted molar refractivity (Wildman–Crippen MR) is 118 cm³/mol. The SMILES string of the molecule is O=C(CCn1c(=O)oc2ccccc21)N[C@H](c1ccccc1)c1cc2ccccc2o1. The maximum atomic E-state index is 12.9. The second-order valence-electron chi connectivity index (χ2n) is 7.34. The number of hydrogen-bond donors (Lipinski definition) is 1. The normalized spacial score (nSPS) is 12.3. The molecule has 0 spiro atoms. The van der Waals surface area contributed by atoms with E-state index in [9.17, 15) is 9.59 Å². The van der Waals surface area contributed by atoms with E-state index >= 15 is 0 Å². The molecule has 31 heavy (non-hydrogen) atoms. The van der Waals surface area contributed by atoms with Crippen LogP contribution in [0.2, 0.25) is 0 Å². The molecule has 0 fully saturated rings. The Morgan fingerprint density at radius 1 is 0.871 bits per heavy atom. The Labute approximate surface area is 177 Å². The minimum Gasteiger partial charge on any atom is -0.459 e. The van der Waals surface area contributed by atoms with E-state index in [0.29, 0.717) is 16.9 Å². The van der Waals surface area contributed by atoms with Crippen molar-refractivity contribution >= 4 is 28.0 Å². The predicted octanol–water partition coefficient (Wildman–Crippen LogP) is 4.64. The van der Waals surface area contributed by atoms with Gasteiger partial charge in [0, 0.05) is 18.4 Å². The van der Waals surface area contributed by atoms with Crippen LogP contribution in [0.3, 0.4) is 0 Å². The molecule has 0 aliphatic carbocycles. The zero-order valence-corrected chi connectivity index (χ0v) is 16.7. The molecule has 0 bridgehead atoms. The van der Waals surface area contributed by atoms with Crippen LogP contribution in [0.15, 0.2) is 98.6 Å². The summed E-state index contributed by atoms with van der Waals surface area (Å²) in [6.45, 7) is 0.226. The summed E-state index contributed by atoms with van der Waals surface area (Å²) in [4.78, 5) is 25.0. The highest BCUT2D eigenvalue weighted by Crippen LogP contribution is 2.28. The lowest BCUT2D eigenvalue weighted by Crippen LogP contribution is -2.30. The van der Waals surface area contributed by atoms with Gasteiger partial charge in [-0.05, 0) is 29.8 Å². The first-order chi connectivity index (χ1) is 15.2. The van der Waals surface area contributed by atoms with Crippen LogP contribution in [-0.2, 0) is 11.3 Å². The second-order valence-corrected chi connectivity index (χ2v) is 7.34. The van der Waals surface area contributed by atoms with Crippen LogP contribution < -0.4 is 11.1 Å². The number of amides is 1. The minimum atomic E-state index is -0.467. The fraction of sp³-hybridized carbons (Fsp3) is 0.120. The van der Waals surface area contributed by atoms with Crippen molar-refractivity contribution in [3.63, 3.8) is 0 Å². The van der Waals surface area contributed by atoms with E-state index in [2.05, 4.69) is 5.32 Å². The molecule has 154 valence electrons. The Hall–Kier alpha value is -4.06. The summed E-state index contributed by atoms with van der Waals surface area (Å²) >= 11 is 0. The number of rotatable bonds is 6. The van der Waals surface area contributed by atoms with Gasteiger partial charge in [0.05, 0.1) is 5.52 Å². The van der Waals surface area contributed by atoms with Crippen molar-refractivity contribution in [2.24, 2.45) is 0 Å². The van der Waals surface area contributed by atoms with Gasteiger partial charge in [-0.15, -0.1) is 0 Å². The summed E-state index contributed by atoms with van der Waals surface area (Å²) in [6, 6.07) is 26.1. The maximum Gasteiger partial charge on any atom is 0.419 e. The van der Waals surface area contributed by atoms with Gasteiger partial charge in [-0.3, -0.25) is 9.36 Å². The fourth-order valence-electron chi connectivity index (χ4n) is 3.78. The van der Waals surface area contributed by atoms with Gasteiger partial charge in [0.2, 0.25) is 5.91 Å². The van der Waals surface area contributed by atoms with E-state index in [1.54, 1.807) is 18.2 Å². The number of benzene rings is 3. The van der Waals surface area contributed by atoms with Crippen LogP contribution in [-0.4, -0.2) is 10.5 Å². The topological polar surface area (TPSA) is 77.4 Å². The number of nitrogens with zero attached hydrogens (tertiary/aromatic N) is 1. The zero-order chi connectivity index (χ0) is 21.2. The van der Waals surface area contributed by atoms with Crippen LogP contribution in [0.5, 0.6) is 0 Å². The molecule has 0 radical (unpaired) electrons. The molecule has 0 aliphatic rings. The summed E-state index contributed by atoms with van der Waals surface area (Å²) < 4.78 is 12.8. The van der Waals surface area contributed by atoms with E-state index in [-0.39, 0.29) is 18.9 Å². The number of fused-ring (bicyclic) bond motifs is 2. The fourth-order valence-corrected chi connectivity index (χ4v) is 3.78. The Bertz CT molecular complexity index is 1380. The Morgan fingerprint density at radius 3 is 2.39 bits per heavy atom. The van der Waals surface area contributed by atoms with Crippen LogP contribution in [0, 0.1) is 0 Å². The van der Waals surface area contributed by atoms with Gasteiger partial charge in [-0.2, -0.15) is 0 Å². The molecule has 6 nitrogen and oxygen atoms in total. The van der Waals surface area contributed by atoms with Gasteiger partial charge < -0.3 is 14.2 Å². The lowest BCUT2D eigenvalue weighted by Gasteiger charge is -2.17.